The molecule has 0 unspecified atom stereocenters. The van der Waals surface area contributed by atoms with Crippen molar-refractivity contribution >= 4 is 45.7 Å². The Hall–Kier alpha value is -2.92. The van der Waals surface area contributed by atoms with Gasteiger partial charge in [0.15, 0.2) is 0 Å². The summed E-state index contributed by atoms with van der Waals surface area (Å²) >= 11 is 6.26. The van der Waals surface area contributed by atoms with Gasteiger partial charge in [-0.25, -0.2) is 0 Å². The van der Waals surface area contributed by atoms with Crippen LogP contribution in [0, 0.1) is 0 Å². The monoisotopic (exact) mass is 365 g/mol. The normalized spacial score (nSPS) is 14.0. The van der Waals surface area contributed by atoms with Crippen molar-refractivity contribution in [1.29, 1.82) is 0 Å². The van der Waals surface area contributed by atoms with Crippen LogP contribution in [0.2, 0.25) is 5.02 Å². The van der Waals surface area contributed by atoms with E-state index in [1.807, 2.05) is 12.1 Å². The zero-order valence-electron chi connectivity index (χ0n) is 13.9. The minimum atomic E-state index is -0.268. The van der Waals surface area contributed by atoms with Gasteiger partial charge in [0.2, 0.25) is 5.91 Å². The summed E-state index contributed by atoms with van der Waals surface area (Å²) in [5.74, 6) is -0.180. The van der Waals surface area contributed by atoms with Crippen LogP contribution >= 0.6 is 11.6 Å². The highest BCUT2D eigenvalue weighted by atomic mass is 35.5. The van der Waals surface area contributed by atoms with Gasteiger partial charge in [0.05, 0.1) is 16.2 Å². The molecule has 0 bridgehead atoms. The average molecular weight is 366 g/mol. The molecule has 2 amide bonds. The van der Waals surface area contributed by atoms with Gasteiger partial charge >= 0.3 is 0 Å². The first-order valence-electron chi connectivity index (χ1n) is 8.38. The third-order valence-corrected chi connectivity index (χ3v) is 4.80. The highest BCUT2D eigenvalue weighted by molar-refractivity contribution is 6.34. The number of benzene rings is 2. The van der Waals surface area contributed by atoms with E-state index in [-0.39, 0.29) is 11.8 Å². The van der Waals surface area contributed by atoms with Gasteiger partial charge in [0.25, 0.3) is 5.91 Å². The van der Waals surface area contributed by atoms with E-state index in [1.54, 1.807) is 47.5 Å². The second-order valence-electron chi connectivity index (χ2n) is 6.14. The third-order valence-electron chi connectivity index (χ3n) is 4.47. The van der Waals surface area contributed by atoms with E-state index in [0.717, 1.165) is 23.0 Å². The second kappa shape index (κ2) is 6.77. The van der Waals surface area contributed by atoms with E-state index < -0.39 is 0 Å². The molecule has 2 heterocycles. The predicted octanol–water partition coefficient (Wildman–Crippen LogP) is 4.27. The molecule has 4 rings (SSSR count). The molecule has 130 valence electrons. The Morgan fingerprint density at radius 2 is 2.04 bits per heavy atom. The summed E-state index contributed by atoms with van der Waals surface area (Å²) in [4.78, 5) is 30.7. The van der Waals surface area contributed by atoms with Crippen molar-refractivity contribution < 1.29 is 9.59 Å². The fourth-order valence-electron chi connectivity index (χ4n) is 3.19. The van der Waals surface area contributed by atoms with Crippen molar-refractivity contribution in [3.8, 4) is 0 Å². The Morgan fingerprint density at radius 1 is 1.15 bits per heavy atom. The second-order valence-corrected chi connectivity index (χ2v) is 6.55. The largest absolute Gasteiger partial charge is 0.321 e. The number of pyridine rings is 1. The first-order valence-corrected chi connectivity index (χ1v) is 8.76. The smallest absolute Gasteiger partial charge is 0.256 e. The van der Waals surface area contributed by atoms with Crippen molar-refractivity contribution in [2.45, 2.75) is 12.8 Å². The van der Waals surface area contributed by atoms with Crippen LogP contribution in [0.3, 0.4) is 0 Å². The lowest BCUT2D eigenvalue weighted by atomic mass is 10.1. The molecular weight excluding hydrogens is 350 g/mol. The molecule has 1 fully saturated rings. The zero-order chi connectivity index (χ0) is 18.1. The van der Waals surface area contributed by atoms with E-state index in [9.17, 15) is 9.59 Å². The molecule has 1 saturated heterocycles. The zero-order valence-corrected chi connectivity index (χ0v) is 14.7. The minimum absolute atomic E-state index is 0.0877. The predicted molar refractivity (Wildman–Crippen MR) is 103 cm³/mol. The Morgan fingerprint density at radius 3 is 2.85 bits per heavy atom. The van der Waals surface area contributed by atoms with Gasteiger partial charge in [-0.3, -0.25) is 14.6 Å². The van der Waals surface area contributed by atoms with Crippen LogP contribution < -0.4 is 10.2 Å². The molecular formula is C20H16ClN3O2. The lowest BCUT2D eigenvalue weighted by molar-refractivity contribution is -0.117. The maximum Gasteiger partial charge on any atom is 0.256 e. The van der Waals surface area contributed by atoms with Crippen molar-refractivity contribution in [2.75, 3.05) is 16.8 Å². The molecule has 0 aliphatic carbocycles. The molecule has 1 N–H and O–H groups in total. The van der Waals surface area contributed by atoms with Gasteiger partial charge < -0.3 is 10.2 Å². The fourth-order valence-corrected chi connectivity index (χ4v) is 3.35. The molecule has 1 aromatic heterocycles. The summed E-state index contributed by atoms with van der Waals surface area (Å²) in [6.45, 7) is 0.683. The molecule has 1 aliphatic heterocycles. The average Bonchev–Trinajstić information content (AvgIpc) is 3.09. The number of carbonyl (C=O) groups excluding carboxylic acids is 2. The van der Waals surface area contributed by atoms with Crippen LogP contribution in [0.1, 0.15) is 23.2 Å². The molecule has 3 aromatic rings. The lowest BCUT2D eigenvalue weighted by Gasteiger charge is -2.18. The lowest BCUT2D eigenvalue weighted by Crippen LogP contribution is -2.23. The van der Waals surface area contributed by atoms with Gasteiger partial charge in [0, 0.05) is 35.8 Å². The quantitative estimate of drug-likeness (QED) is 0.754. The van der Waals surface area contributed by atoms with Crippen LogP contribution in [0.5, 0.6) is 0 Å². The van der Waals surface area contributed by atoms with Crippen molar-refractivity contribution in [3.05, 3.63) is 65.3 Å². The Balaban J connectivity index is 1.66. The molecule has 0 atom stereocenters. The Bertz CT molecular complexity index is 1010. The number of aromatic nitrogens is 1. The minimum Gasteiger partial charge on any atom is -0.321 e. The number of hydrogen-bond acceptors (Lipinski definition) is 3. The summed E-state index contributed by atoms with van der Waals surface area (Å²) in [5.41, 5.74) is 2.50. The number of hydrogen-bond donors (Lipinski definition) is 1. The maximum atomic E-state index is 12.8. The first-order chi connectivity index (χ1) is 12.6. The molecule has 26 heavy (non-hydrogen) atoms. The van der Waals surface area contributed by atoms with Gasteiger partial charge in [-0.05, 0) is 42.8 Å². The van der Waals surface area contributed by atoms with Crippen molar-refractivity contribution in [2.24, 2.45) is 0 Å². The van der Waals surface area contributed by atoms with E-state index in [1.165, 1.54) is 0 Å². The summed E-state index contributed by atoms with van der Waals surface area (Å²) in [5, 5.41) is 4.06. The highest BCUT2D eigenvalue weighted by Crippen LogP contribution is 2.30. The molecule has 5 nitrogen and oxygen atoms in total. The number of fused-ring (bicyclic) bond motifs is 1. The topological polar surface area (TPSA) is 62.3 Å². The van der Waals surface area contributed by atoms with E-state index in [4.69, 9.17) is 11.6 Å². The van der Waals surface area contributed by atoms with Crippen LogP contribution in [-0.4, -0.2) is 23.3 Å². The van der Waals surface area contributed by atoms with Crippen molar-refractivity contribution in [1.82, 2.24) is 4.98 Å². The van der Waals surface area contributed by atoms with E-state index in [2.05, 4.69) is 10.3 Å². The van der Waals surface area contributed by atoms with Crippen LogP contribution in [-0.2, 0) is 4.79 Å². The molecule has 0 radical (unpaired) electrons. The maximum absolute atomic E-state index is 12.8. The first kappa shape index (κ1) is 16.5. The Kier molecular flexibility index (Phi) is 4.31. The van der Waals surface area contributed by atoms with E-state index in [0.29, 0.717) is 29.2 Å². The molecule has 1 aliphatic rings. The fraction of sp³-hybridized carbons (Fsp3) is 0.150. The number of nitrogens with zero attached hydrogens (tertiary/aromatic N) is 2. The summed E-state index contributed by atoms with van der Waals surface area (Å²) < 4.78 is 0. The number of nitrogens with one attached hydrogen (secondary N) is 1. The van der Waals surface area contributed by atoms with Crippen molar-refractivity contribution in [3.63, 3.8) is 0 Å². The SMILES string of the molecule is O=C(Nc1cc(N2CCCC2=O)ccc1Cl)c1cccc2ncccc12. The summed E-state index contributed by atoms with van der Waals surface area (Å²) in [6.07, 6.45) is 3.08. The molecule has 2 aromatic carbocycles. The van der Waals surface area contributed by atoms with Crippen LogP contribution in [0.15, 0.2) is 54.7 Å². The number of rotatable bonds is 3. The summed E-state index contributed by atoms with van der Waals surface area (Å²) in [7, 11) is 0. The van der Waals surface area contributed by atoms with Crippen LogP contribution in [0.25, 0.3) is 10.9 Å². The van der Waals surface area contributed by atoms with Gasteiger partial charge in [-0.15, -0.1) is 0 Å². The standard InChI is InChI=1S/C20H16ClN3O2/c21-16-9-8-13(24-11-3-7-19(24)25)12-18(16)23-20(26)15-4-1-6-17-14(15)5-2-10-22-17/h1-2,4-6,8-10,12H,3,7,11H2,(H,23,26). The number of halogens is 1. The van der Waals surface area contributed by atoms with Gasteiger partial charge in [0.1, 0.15) is 0 Å². The molecule has 0 saturated carbocycles. The van der Waals surface area contributed by atoms with Gasteiger partial charge in [-0.1, -0.05) is 23.7 Å². The third kappa shape index (κ3) is 3.02. The van der Waals surface area contributed by atoms with Crippen LogP contribution in [0.4, 0.5) is 11.4 Å². The van der Waals surface area contributed by atoms with E-state index >= 15 is 0 Å². The Labute approximate surface area is 155 Å². The highest BCUT2D eigenvalue weighted by Gasteiger charge is 2.22. The number of carbonyl (C=O) groups is 2. The number of amides is 2. The summed E-state index contributed by atoms with van der Waals surface area (Å²) in [6, 6.07) is 14.3. The van der Waals surface area contributed by atoms with Gasteiger partial charge in [-0.2, -0.15) is 0 Å². The number of anilines is 2. The molecule has 6 heteroatoms. The molecule has 0 spiro atoms.